The molecule has 0 heterocycles. The average molecular weight is 425 g/mol. The summed E-state index contributed by atoms with van der Waals surface area (Å²) in [4.78, 5) is 12.7. The molecule has 30 heavy (non-hydrogen) atoms. The Hall–Kier alpha value is -3.32. The maximum Gasteiger partial charge on any atom is 0.262 e. The molecule has 0 fully saturated rings. The number of nitrogens with one attached hydrogen (secondary N) is 2. The van der Waals surface area contributed by atoms with Crippen molar-refractivity contribution in [3.8, 4) is 5.75 Å². The molecule has 0 aliphatic rings. The highest BCUT2D eigenvalue weighted by atomic mass is 32.2. The van der Waals surface area contributed by atoms with Crippen LogP contribution in [0.1, 0.15) is 28.4 Å². The van der Waals surface area contributed by atoms with Gasteiger partial charge in [-0.05, 0) is 80.4 Å². The molecule has 3 aromatic carbocycles. The van der Waals surface area contributed by atoms with E-state index in [0.29, 0.717) is 29.3 Å². The number of aryl methyl sites for hydroxylation is 2. The topological polar surface area (TPSA) is 84.5 Å². The molecule has 156 valence electrons. The first-order valence-electron chi connectivity index (χ1n) is 9.53. The van der Waals surface area contributed by atoms with Crippen molar-refractivity contribution in [1.82, 2.24) is 0 Å². The van der Waals surface area contributed by atoms with Crippen LogP contribution >= 0.6 is 0 Å². The van der Waals surface area contributed by atoms with Crippen molar-refractivity contribution in [2.24, 2.45) is 0 Å². The summed E-state index contributed by atoms with van der Waals surface area (Å²) < 4.78 is 33.8. The van der Waals surface area contributed by atoms with E-state index in [0.717, 1.165) is 5.56 Å². The zero-order chi connectivity index (χ0) is 21.7. The van der Waals surface area contributed by atoms with Gasteiger partial charge in [0.25, 0.3) is 15.9 Å². The van der Waals surface area contributed by atoms with Crippen molar-refractivity contribution in [3.63, 3.8) is 0 Å². The highest BCUT2D eigenvalue weighted by Crippen LogP contribution is 2.22. The smallest absolute Gasteiger partial charge is 0.262 e. The number of carbonyl (C=O) groups excluding carboxylic acids is 1. The molecule has 0 aliphatic carbocycles. The Morgan fingerprint density at radius 3 is 2.33 bits per heavy atom. The summed E-state index contributed by atoms with van der Waals surface area (Å²) in [6, 6.07) is 18.7. The van der Waals surface area contributed by atoms with Gasteiger partial charge in [-0.15, -0.1) is 0 Å². The molecule has 6 nitrogen and oxygen atoms in total. The van der Waals surface area contributed by atoms with E-state index in [1.807, 2.05) is 19.9 Å². The first kappa shape index (κ1) is 21.4. The first-order valence-corrected chi connectivity index (χ1v) is 11.0. The van der Waals surface area contributed by atoms with Crippen molar-refractivity contribution in [1.29, 1.82) is 0 Å². The molecule has 0 spiro atoms. The van der Waals surface area contributed by atoms with Crippen LogP contribution in [0.4, 0.5) is 11.4 Å². The fraction of sp³-hybridized carbons (Fsp3) is 0.174. The number of amides is 1. The molecule has 1 amide bonds. The van der Waals surface area contributed by atoms with Gasteiger partial charge < -0.3 is 10.1 Å². The van der Waals surface area contributed by atoms with Crippen LogP contribution < -0.4 is 14.8 Å². The van der Waals surface area contributed by atoms with Gasteiger partial charge in [-0.25, -0.2) is 8.42 Å². The van der Waals surface area contributed by atoms with E-state index in [2.05, 4.69) is 10.0 Å². The molecular formula is C23H24N2O4S. The number of benzene rings is 3. The SMILES string of the molecule is CCOc1ccc(NC(=O)c2ccc(C)c(S(=O)(=O)Nc3cccc(C)c3)c2)cc1. The molecule has 0 bridgehead atoms. The molecule has 0 aliphatic heterocycles. The average Bonchev–Trinajstić information content (AvgIpc) is 2.69. The normalized spacial score (nSPS) is 11.0. The molecule has 0 radical (unpaired) electrons. The zero-order valence-electron chi connectivity index (χ0n) is 17.1. The second-order valence-electron chi connectivity index (χ2n) is 6.87. The van der Waals surface area contributed by atoms with Crippen LogP contribution in [0.15, 0.2) is 71.6 Å². The Labute approximate surface area is 177 Å². The van der Waals surface area contributed by atoms with E-state index in [1.165, 1.54) is 6.07 Å². The standard InChI is InChI=1S/C23H24N2O4S/c1-4-29-21-12-10-19(11-13-21)24-23(26)18-9-8-17(3)22(15-18)30(27,28)25-20-7-5-6-16(2)14-20/h5-15,25H,4H2,1-3H3,(H,24,26). The van der Waals surface area contributed by atoms with Crippen LogP contribution in [0, 0.1) is 13.8 Å². The molecule has 0 unspecified atom stereocenters. The molecular weight excluding hydrogens is 400 g/mol. The minimum atomic E-state index is -3.85. The van der Waals surface area contributed by atoms with Crippen LogP contribution in [-0.2, 0) is 10.0 Å². The van der Waals surface area contributed by atoms with E-state index in [9.17, 15) is 13.2 Å². The van der Waals surface area contributed by atoms with Crippen molar-refractivity contribution < 1.29 is 17.9 Å². The lowest BCUT2D eigenvalue weighted by Gasteiger charge is -2.13. The summed E-state index contributed by atoms with van der Waals surface area (Å²) in [5.74, 6) is 0.313. The van der Waals surface area contributed by atoms with Gasteiger partial charge in [0.1, 0.15) is 5.75 Å². The minimum Gasteiger partial charge on any atom is -0.494 e. The summed E-state index contributed by atoms with van der Waals surface area (Å²) >= 11 is 0. The Kier molecular flexibility index (Phi) is 6.42. The van der Waals surface area contributed by atoms with E-state index < -0.39 is 15.9 Å². The number of anilines is 2. The lowest BCUT2D eigenvalue weighted by Crippen LogP contribution is -2.17. The van der Waals surface area contributed by atoms with Crippen LogP contribution in [0.25, 0.3) is 0 Å². The Bertz CT molecular complexity index is 1160. The molecule has 0 aromatic heterocycles. The Balaban J connectivity index is 1.82. The largest absolute Gasteiger partial charge is 0.494 e. The van der Waals surface area contributed by atoms with E-state index >= 15 is 0 Å². The molecule has 3 aromatic rings. The Morgan fingerprint density at radius 1 is 0.933 bits per heavy atom. The number of sulfonamides is 1. The van der Waals surface area contributed by atoms with Crippen LogP contribution in [-0.4, -0.2) is 20.9 Å². The maximum absolute atomic E-state index is 12.9. The molecule has 0 atom stereocenters. The summed E-state index contributed by atoms with van der Waals surface area (Å²) in [5.41, 5.74) is 2.80. The lowest BCUT2D eigenvalue weighted by atomic mass is 10.1. The summed E-state index contributed by atoms with van der Waals surface area (Å²) in [5, 5.41) is 2.77. The second kappa shape index (κ2) is 9.00. The van der Waals surface area contributed by atoms with Gasteiger partial charge in [-0.1, -0.05) is 18.2 Å². The molecule has 2 N–H and O–H groups in total. The lowest BCUT2D eigenvalue weighted by molar-refractivity contribution is 0.102. The fourth-order valence-electron chi connectivity index (χ4n) is 2.95. The molecule has 3 rings (SSSR count). The monoisotopic (exact) mass is 424 g/mol. The minimum absolute atomic E-state index is 0.0587. The fourth-order valence-corrected chi connectivity index (χ4v) is 4.28. The van der Waals surface area contributed by atoms with Crippen LogP contribution in [0.2, 0.25) is 0 Å². The van der Waals surface area contributed by atoms with Crippen molar-refractivity contribution in [2.45, 2.75) is 25.7 Å². The third-order valence-electron chi connectivity index (χ3n) is 4.43. The number of carbonyl (C=O) groups is 1. The van der Waals surface area contributed by atoms with E-state index in [4.69, 9.17) is 4.74 Å². The summed E-state index contributed by atoms with van der Waals surface area (Å²) in [6.07, 6.45) is 0. The third kappa shape index (κ3) is 5.18. The van der Waals surface area contributed by atoms with Crippen molar-refractivity contribution in [2.75, 3.05) is 16.6 Å². The third-order valence-corrected chi connectivity index (χ3v) is 5.96. The predicted octanol–water partition coefficient (Wildman–Crippen LogP) is 4.76. The van der Waals surface area contributed by atoms with Gasteiger partial charge >= 0.3 is 0 Å². The van der Waals surface area contributed by atoms with Crippen molar-refractivity contribution in [3.05, 3.63) is 83.4 Å². The van der Waals surface area contributed by atoms with Gasteiger partial charge in [0.05, 0.1) is 11.5 Å². The predicted molar refractivity (Wildman–Crippen MR) is 119 cm³/mol. The van der Waals surface area contributed by atoms with Crippen molar-refractivity contribution >= 4 is 27.3 Å². The molecule has 0 saturated heterocycles. The quantitative estimate of drug-likeness (QED) is 0.573. The second-order valence-corrected chi connectivity index (χ2v) is 8.52. The maximum atomic E-state index is 12.9. The number of ether oxygens (including phenoxy) is 1. The highest BCUT2D eigenvalue weighted by molar-refractivity contribution is 7.92. The van der Waals surface area contributed by atoms with Gasteiger partial charge in [0.15, 0.2) is 0 Å². The molecule has 0 saturated carbocycles. The van der Waals surface area contributed by atoms with E-state index in [-0.39, 0.29) is 10.5 Å². The number of rotatable bonds is 7. The van der Waals surface area contributed by atoms with Gasteiger partial charge in [0, 0.05) is 16.9 Å². The first-order chi connectivity index (χ1) is 14.3. The highest BCUT2D eigenvalue weighted by Gasteiger charge is 2.19. The van der Waals surface area contributed by atoms with E-state index in [1.54, 1.807) is 61.5 Å². The van der Waals surface area contributed by atoms with Gasteiger partial charge in [-0.3, -0.25) is 9.52 Å². The van der Waals surface area contributed by atoms with Crippen LogP contribution in [0.3, 0.4) is 0 Å². The zero-order valence-corrected chi connectivity index (χ0v) is 17.9. The summed E-state index contributed by atoms with van der Waals surface area (Å²) in [7, 11) is -3.85. The summed E-state index contributed by atoms with van der Waals surface area (Å²) in [6.45, 7) is 6.03. The van der Waals surface area contributed by atoms with Gasteiger partial charge in [-0.2, -0.15) is 0 Å². The van der Waals surface area contributed by atoms with Crippen LogP contribution in [0.5, 0.6) is 5.75 Å². The Morgan fingerprint density at radius 2 is 1.67 bits per heavy atom. The van der Waals surface area contributed by atoms with Gasteiger partial charge in [0.2, 0.25) is 0 Å². The number of hydrogen-bond donors (Lipinski definition) is 2. The number of hydrogen-bond acceptors (Lipinski definition) is 4. The molecule has 7 heteroatoms.